The molecule has 94 valence electrons. The maximum absolute atomic E-state index is 9.82. The van der Waals surface area contributed by atoms with Crippen LogP contribution in [0.25, 0.3) is 10.8 Å². The molecule has 0 bridgehead atoms. The second-order valence-electron chi connectivity index (χ2n) is 4.26. The molecule has 2 heteroatoms. The van der Waals surface area contributed by atoms with Crippen LogP contribution in [0.15, 0.2) is 48.6 Å². The van der Waals surface area contributed by atoms with Crippen LogP contribution in [-0.2, 0) is 0 Å². The lowest BCUT2D eigenvalue weighted by atomic mass is 10.0. The fourth-order valence-electron chi connectivity index (χ4n) is 1.98. The first-order valence-electron chi connectivity index (χ1n) is 6.17. The molecule has 0 saturated heterocycles. The molecule has 0 aliphatic rings. The molecule has 0 fully saturated rings. The maximum Gasteiger partial charge on any atom is 0.133 e. The third-order valence-corrected chi connectivity index (χ3v) is 2.92. The van der Waals surface area contributed by atoms with E-state index in [0.29, 0.717) is 6.61 Å². The number of hydrogen-bond donors (Lipinski definition) is 1. The largest absolute Gasteiger partial charge is 0.488 e. The van der Waals surface area contributed by atoms with E-state index in [1.807, 2.05) is 55.5 Å². The van der Waals surface area contributed by atoms with Crippen LogP contribution in [0.5, 0.6) is 5.75 Å². The third kappa shape index (κ3) is 2.54. The number of ether oxygens (including phenoxy) is 1. The van der Waals surface area contributed by atoms with Gasteiger partial charge in [-0.25, -0.2) is 0 Å². The maximum atomic E-state index is 9.82. The van der Waals surface area contributed by atoms with Gasteiger partial charge in [0.15, 0.2) is 0 Å². The lowest BCUT2D eigenvalue weighted by Gasteiger charge is -2.15. The van der Waals surface area contributed by atoms with Crippen molar-refractivity contribution in [1.29, 1.82) is 0 Å². The number of hydrogen-bond acceptors (Lipinski definition) is 2. The normalized spacial score (nSPS) is 13.1. The van der Waals surface area contributed by atoms with Gasteiger partial charge in [0.05, 0.1) is 6.10 Å². The van der Waals surface area contributed by atoms with Crippen molar-refractivity contribution in [3.63, 3.8) is 0 Å². The highest BCUT2D eigenvalue weighted by molar-refractivity contribution is 5.89. The fraction of sp³-hybridized carbons (Fsp3) is 0.250. The summed E-state index contributed by atoms with van der Waals surface area (Å²) in [5.41, 5.74) is 0.832. The summed E-state index contributed by atoms with van der Waals surface area (Å²) >= 11 is 0. The van der Waals surface area contributed by atoms with Crippen molar-refractivity contribution in [3.8, 4) is 5.75 Å². The van der Waals surface area contributed by atoms with Gasteiger partial charge in [0, 0.05) is 10.9 Å². The lowest BCUT2D eigenvalue weighted by molar-refractivity contribution is 0.193. The van der Waals surface area contributed by atoms with Crippen LogP contribution < -0.4 is 4.74 Å². The van der Waals surface area contributed by atoms with Gasteiger partial charge < -0.3 is 9.84 Å². The Morgan fingerprint density at radius 3 is 2.72 bits per heavy atom. The summed E-state index contributed by atoms with van der Waals surface area (Å²) in [7, 11) is 0. The molecule has 2 aromatic carbocycles. The van der Waals surface area contributed by atoms with Crippen molar-refractivity contribution in [2.45, 2.75) is 20.0 Å². The van der Waals surface area contributed by atoms with Gasteiger partial charge in [-0.15, -0.1) is 0 Å². The van der Waals surface area contributed by atoms with E-state index in [4.69, 9.17) is 4.74 Å². The van der Waals surface area contributed by atoms with Crippen molar-refractivity contribution in [1.82, 2.24) is 0 Å². The van der Waals surface area contributed by atoms with Crippen LogP contribution in [-0.4, -0.2) is 11.7 Å². The quantitative estimate of drug-likeness (QED) is 0.825. The summed E-state index contributed by atoms with van der Waals surface area (Å²) in [6.45, 7) is 4.24. The van der Waals surface area contributed by atoms with Crippen LogP contribution in [0.3, 0.4) is 0 Å². The predicted molar refractivity (Wildman–Crippen MR) is 74.9 cm³/mol. The van der Waals surface area contributed by atoms with E-state index >= 15 is 0 Å². The molecule has 0 heterocycles. The number of allylic oxidation sites excluding steroid dienone is 1. The van der Waals surface area contributed by atoms with Crippen LogP contribution in [0, 0.1) is 0 Å². The molecule has 0 amide bonds. The van der Waals surface area contributed by atoms with Gasteiger partial charge in [-0.2, -0.15) is 0 Å². The Balaban J connectivity index is 2.51. The molecule has 1 atom stereocenters. The summed E-state index contributed by atoms with van der Waals surface area (Å²) in [5.74, 6) is 0.779. The minimum absolute atomic E-state index is 0.518. The van der Waals surface area contributed by atoms with Crippen molar-refractivity contribution in [2.24, 2.45) is 0 Å². The number of aliphatic hydroxyl groups is 1. The second-order valence-corrected chi connectivity index (χ2v) is 4.26. The van der Waals surface area contributed by atoms with E-state index in [1.54, 1.807) is 6.92 Å². The average molecular weight is 242 g/mol. The Kier molecular flexibility index (Phi) is 4.00. The van der Waals surface area contributed by atoms with Crippen LogP contribution in [0.1, 0.15) is 25.5 Å². The molecule has 2 nitrogen and oxygen atoms in total. The standard InChI is InChI=1S/C16H18O2/c1-3-4-11-18-16-14(12(2)17)10-9-13-7-5-6-8-15(13)16/h3-10,12,17H,11H2,1-2H3/t12-/m1/s1. The van der Waals surface area contributed by atoms with E-state index in [-0.39, 0.29) is 0 Å². The first kappa shape index (κ1) is 12.7. The molecule has 0 aliphatic carbocycles. The zero-order chi connectivity index (χ0) is 13.0. The van der Waals surface area contributed by atoms with E-state index in [9.17, 15) is 5.11 Å². The number of fused-ring (bicyclic) bond motifs is 1. The van der Waals surface area contributed by atoms with Crippen molar-refractivity contribution in [3.05, 3.63) is 54.1 Å². The van der Waals surface area contributed by atoms with Gasteiger partial charge >= 0.3 is 0 Å². The van der Waals surface area contributed by atoms with Gasteiger partial charge in [0.25, 0.3) is 0 Å². The molecule has 1 N–H and O–H groups in total. The zero-order valence-corrected chi connectivity index (χ0v) is 10.8. The van der Waals surface area contributed by atoms with Crippen LogP contribution in [0.2, 0.25) is 0 Å². The van der Waals surface area contributed by atoms with E-state index in [0.717, 1.165) is 22.1 Å². The second kappa shape index (κ2) is 5.69. The average Bonchev–Trinajstić information content (AvgIpc) is 2.38. The highest BCUT2D eigenvalue weighted by Crippen LogP contribution is 2.33. The highest BCUT2D eigenvalue weighted by atomic mass is 16.5. The minimum Gasteiger partial charge on any atom is -0.488 e. The van der Waals surface area contributed by atoms with Crippen LogP contribution >= 0.6 is 0 Å². The highest BCUT2D eigenvalue weighted by Gasteiger charge is 2.12. The zero-order valence-electron chi connectivity index (χ0n) is 10.8. The molecule has 0 aliphatic heterocycles. The van der Waals surface area contributed by atoms with Gasteiger partial charge in [0.1, 0.15) is 12.4 Å². The first-order valence-corrected chi connectivity index (χ1v) is 6.17. The minimum atomic E-state index is -0.532. The van der Waals surface area contributed by atoms with Crippen LogP contribution in [0.4, 0.5) is 0 Å². The lowest BCUT2D eigenvalue weighted by Crippen LogP contribution is -2.01. The smallest absolute Gasteiger partial charge is 0.133 e. The van der Waals surface area contributed by atoms with E-state index in [2.05, 4.69) is 0 Å². The molecule has 0 aromatic heterocycles. The molecule has 0 spiro atoms. The molecule has 18 heavy (non-hydrogen) atoms. The molecular formula is C16H18O2. The first-order chi connectivity index (χ1) is 8.74. The number of aliphatic hydroxyl groups excluding tert-OH is 1. The predicted octanol–water partition coefficient (Wildman–Crippen LogP) is 3.85. The van der Waals surface area contributed by atoms with Gasteiger partial charge in [0.2, 0.25) is 0 Å². The molecule has 2 rings (SSSR count). The van der Waals surface area contributed by atoms with Gasteiger partial charge in [-0.05, 0) is 19.2 Å². The number of benzene rings is 2. The Morgan fingerprint density at radius 1 is 1.22 bits per heavy atom. The van der Waals surface area contributed by atoms with E-state index < -0.39 is 6.10 Å². The summed E-state index contributed by atoms with van der Waals surface area (Å²) < 4.78 is 5.81. The summed E-state index contributed by atoms with van der Waals surface area (Å²) in [4.78, 5) is 0. The molecular weight excluding hydrogens is 224 g/mol. The van der Waals surface area contributed by atoms with Crippen molar-refractivity contribution in [2.75, 3.05) is 6.61 Å². The fourth-order valence-corrected chi connectivity index (χ4v) is 1.98. The van der Waals surface area contributed by atoms with Crippen molar-refractivity contribution < 1.29 is 9.84 Å². The Hall–Kier alpha value is -1.80. The van der Waals surface area contributed by atoms with Gasteiger partial charge in [-0.3, -0.25) is 0 Å². The van der Waals surface area contributed by atoms with E-state index in [1.165, 1.54) is 0 Å². The molecule has 2 aromatic rings. The number of rotatable bonds is 4. The molecule has 0 saturated carbocycles. The SMILES string of the molecule is CC=CCOc1c([C@@H](C)O)ccc2ccccc12. The molecule has 0 unspecified atom stereocenters. The van der Waals surface area contributed by atoms with Gasteiger partial charge in [-0.1, -0.05) is 48.6 Å². The summed E-state index contributed by atoms with van der Waals surface area (Å²) in [6, 6.07) is 12.0. The molecule has 0 radical (unpaired) electrons. The topological polar surface area (TPSA) is 29.5 Å². The Bertz CT molecular complexity index is 556. The summed E-state index contributed by atoms with van der Waals surface area (Å²) in [6.07, 6.45) is 3.37. The Labute approximate surface area is 108 Å². The summed E-state index contributed by atoms with van der Waals surface area (Å²) in [5, 5.41) is 12.0. The Morgan fingerprint density at radius 2 is 2.00 bits per heavy atom. The third-order valence-electron chi connectivity index (χ3n) is 2.92. The van der Waals surface area contributed by atoms with Crippen molar-refractivity contribution >= 4 is 10.8 Å². The monoisotopic (exact) mass is 242 g/mol.